The Morgan fingerprint density at radius 3 is 2.15 bits per heavy atom. The predicted octanol–water partition coefficient (Wildman–Crippen LogP) is 6.14. The number of amides is 2. The maximum Gasteiger partial charge on any atom is 0.264 e. The highest BCUT2D eigenvalue weighted by molar-refractivity contribution is 7.92. The Labute approximate surface area is 247 Å². The summed E-state index contributed by atoms with van der Waals surface area (Å²) < 4.78 is 28.9. The average Bonchev–Trinajstić information content (AvgIpc) is 2.89. The maximum absolute atomic E-state index is 14.1. The van der Waals surface area contributed by atoms with Gasteiger partial charge in [0, 0.05) is 22.6 Å². The molecule has 3 aromatic carbocycles. The molecule has 0 fully saturated rings. The molecule has 0 unspecified atom stereocenters. The third-order valence-corrected chi connectivity index (χ3v) is 9.01. The van der Waals surface area contributed by atoms with Crippen molar-refractivity contribution in [2.75, 3.05) is 10.8 Å². The van der Waals surface area contributed by atoms with E-state index in [1.165, 1.54) is 23.1 Å². The van der Waals surface area contributed by atoms with Crippen LogP contribution in [0.4, 0.5) is 5.69 Å². The topological polar surface area (TPSA) is 86.8 Å². The van der Waals surface area contributed by atoms with Gasteiger partial charge in [0.1, 0.15) is 12.6 Å². The summed E-state index contributed by atoms with van der Waals surface area (Å²) in [5, 5.41) is 3.68. The quantitative estimate of drug-likeness (QED) is 0.285. The molecule has 2 amide bonds. The lowest BCUT2D eigenvalue weighted by molar-refractivity contribution is -0.140. The largest absolute Gasteiger partial charge is 0.352 e. The molecule has 0 aliphatic carbocycles. The van der Waals surface area contributed by atoms with Gasteiger partial charge < -0.3 is 10.2 Å². The van der Waals surface area contributed by atoms with E-state index in [0.717, 1.165) is 15.4 Å². The van der Waals surface area contributed by atoms with Gasteiger partial charge in [-0.3, -0.25) is 13.9 Å². The number of hydrogen-bond donors (Lipinski definition) is 1. The Hall–Kier alpha value is -3.07. The van der Waals surface area contributed by atoms with Crippen LogP contribution in [0.3, 0.4) is 0 Å². The third kappa shape index (κ3) is 7.56. The first kappa shape index (κ1) is 31.5. The number of halogens is 2. The number of nitrogens with zero attached hydrogens (tertiary/aromatic N) is 2. The molecular weight excluding hydrogens is 569 g/mol. The number of aryl methyl sites for hydroxylation is 2. The van der Waals surface area contributed by atoms with Crippen LogP contribution in [0.25, 0.3) is 0 Å². The minimum atomic E-state index is -4.18. The van der Waals surface area contributed by atoms with Gasteiger partial charge in [0.2, 0.25) is 11.8 Å². The highest BCUT2D eigenvalue weighted by Gasteiger charge is 2.34. The summed E-state index contributed by atoms with van der Waals surface area (Å²) in [7, 11) is -4.18. The van der Waals surface area contributed by atoms with E-state index < -0.39 is 28.5 Å². The number of sulfonamides is 1. The van der Waals surface area contributed by atoms with Gasteiger partial charge in [-0.05, 0) is 75.6 Å². The van der Waals surface area contributed by atoms with Crippen LogP contribution in [0, 0.1) is 13.8 Å². The molecule has 0 heterocycles. The Bertz CT molecular complexity index is 1460. The van der Waals surface area contributed by atoms with Gasteiger partial charge in [-0.25, -0.2) is 8.42 Å². The minimum Gasteiger partial charge on any atom is -0.352 e. The number of carbonyl (C=O) groups excluding carboxylic acids is 2. The second-order valence-corrected chi connectivity index (χ2v) is 12.6. The molecule has 0 aromatic heterocycles. The monoisotopic (exact) mass is 603 g/mol. The third-order valence-electron chi connectivity index (χ3n) is 6.45. The summed E-state index contributed by atoms with van der Waals surface area (Å²) in [5.74, 6) is -0.887. The highest BCUT2D eigenvalue weighted by Crippen LogP contribution is 2.29. The molecule has 3 rings (SSSR count). The van der Waals surface area contributed by atoms with Crippen LogP contribution in [0.15, 0.2) is 71.6 Å². The number of benzene rings is 3. The van der Waals surface area contributed by atoms with Crippen LogP contribution in [0.2, 0.25) is 10.0 Å². The van der Waals surface area contributed by atoms with Crippen molar-refractivity contribution in [1.82, 2.24) is 10.2 Å². The number of anilines is 1. The second-order valence-electron chi connectivity index (χ2n) is 9.96. The van der Waals surface area contributed by atoms with E-state index in [4.69, 9.17) is 23.2 Å². The summed E-state index contributed by atoms with van der Waals surface area (Å²) >= 11 is 12.8. The Kier molecular flexibility index (Phi) is 10.6. The van der Waals surface area contributed by atoms with Crippen molar-refractivity contribution < 1.29 is 18.0 Å². The lowest BCUT2D eigenvalue weighted by Crippen LogP contribution is -2.53. The zero-order valence-corrected chi connectivity index (χ0v) is 25.6. The van der Waals surface area contributed by atoms with Crippen molar-refractivity contribution in [2.45, 2.75) is 64.6 Å². The molecule has 0 aliphatic heterocycles. The fourth-order valence-corrected chi connectivity index (χ4v) is 5.99. The lowest BCUT2D eigenvalue weighted by atomic mass is 10.1. The van der Waals surface area contributed by atoms with Gasteiger partial charge in [-0.15, -0.1) is 0 Å². The van der Waals surface area contributed by atoms with Gasteiger partial charge in [0.05, 0.1) is 10.6 Å². The van der Waals surface area contributed by atoms with Gasteiger partial charge in [-0.2, -0.15) is 0 Å². The molecule has 0 radical (unpaired) electrons. The number of rotatable bonds is 11. The first-order chi connectivity index (χ1) is 18.8. The van der Waals surface area contributed by atoms with Gasteiger partial charge in [0.15, 0.2) is 0 Å². The van der Waals surface area contributed by atoms with Gasteiger partial charge in [0.25, 0.3) is 10.0 Å². The molecule has 0 spiro atoms. The smallest absolute Gasteiger partial charge is 0.264 e. The van der Waals surface area contributed by atoms with Gasteiger partial charge >= 0.3 is 0 Å². The highest BCUT2D eigenvalue weighted by atomic mass is 35.5. The maximum atomic E-state index is 14.1. The molecule has 1 N–H and O–H groups in total. The van der Waals surface area contributed by atoms with Crippen molar-refractivity contribution in [2.24, 2.45) is 0 Å². The Morgan fingerprint density at radius 2 is 1.57 bits per heavy atom. The lowest BCUT2D eigenvalue weighted by Gasteiger charge is -2.33. The molecule has 3 aromatic rings. The van der Waals surface area contributed by atoms with E-state index in [1.807, 2.05) is 20.8 Å². The van der Waals surface area contributed by atoms with E-state index in [1.54, 1.807) is 62.4 Å². The number of nitrogens with one attached hydrogen (secondary N) is 1. The van der Waals surface area contributed by atoms with E-state index in [2.05, 4.69) is 5.32 Å². The molecule has 0 aliphatic rings. The van der Waals surface area contributed by atoms with Gasteiger partial charge in [-0.1, -0.05) is 72.1 Å². The molecule has 10 heteroatoms. The zero-order valence-electron chi connectivity index (χ0n) is 23.3. The van der Waals surface area contributed by atoms with Crippen LogP contribution in [-0.4, -0.2) is 43.8 Å². The summed E-state index contributed by atoms with van der Waals surface area (Å²) in [6.07, 6.45) is 0.315. The molecule has 7 nitrogen and oxygen atoms in total. The summed E-state index contributed by atoms with van der Waals surface area (Å²) in [6, 6.07) is 17.3. The standard InChI is InChI=1S/C30H35Cl2N3O4S/c1-6-28(30(37)33-20(2)3)34(18-23-9-7-8-10-26(23)31)29(36)19-35(24-14-13-22(5)27(32)17-24)40(38,39)25-15-11-21(4)12-16-25/h7-17,20,28H,6,18-19H2,1-5H3,(H,33,37)/t28-/m1/s1. The fourth-order valence-electron chi connectivity index (χ4n) is 4.21. The molecule has 0 saturated heterocycles. The summed E-state index contributed by atoms with van der Waals surface area (Å²) in [5.41, 5.74) is 2.54. The van der Waals surface area contributed by atoms with Crippen LogP contribution in [0.1, 0.15) is 43.9 Å². The molecule has 0 bridgehead atoms. The normalized spacial score (nSPS) is 12.2. The van der Waals surface area contributed by atoms with Crippen molar-refractivity contribution in [1.29, 1.82) is 0 Å². The zero-order chi connectivity index (χ0) is 29.6. The minimum absolute atomic E-state index is 0.0234. The fraction of sp³-hybridized carbons (Fsp3) is 0.333. The second kappa shape index (κ2) is 13.5. The molecule has 1 atom stereocenters. The van der Waals surface area contributed by atoms with Crippen molar-refractivity contribution in [3.05, 3.63) is 93.5 Å². The molecule has 0 saturated carbocycles. The molecule has 40 heavy (non-hydrogen) atoms. The van der Waals surface area contributed by atoms with Crippen molar-refractivity contribution in [3.8, 4) is 0 Å². The van der Waals surface area contributed by atoms with E-state index in [-0.39, 0.29) is 29.1 Å². The van der Waals surface area contributed by atoms with E-state index >= 15 is 0 Å². The molecular formula is C30H35Cl2N3O4S. The van der Waals surface area contributed by atoms with Crippen molar-refractivity contribution >= 4 is 50.7 Å². The number of hydrogen-bond acceptors (Lipinski definition) is 4. The first-order valence-corrected chi connectivity index (χ1v) is 15.2. The van der Waals surface area contributed by atoms with Crippen LogP contribution >= 0.6 is 23.2 Å². The SMILES string of the molecule is CC[C@H](C(=O)NC(C)C)N(Cc1ccccc1Cl)C(=O)CN(c1ccc(C)c(Cl)c1)S(=O)(=O)c1ccc(C)cc1. The Balaban J connectivity index is 2.10. The predicted molar refractivity (Wildman–Crippen MR) is 161 cm³/mol. The van der Waals surface area contributed by atoms with Crippen LogP contribution in [-0.2, 0) is 26.2 Å². The molecule has 214 valence electrons. The average molecular weight is 605 g/mol. The number of carbonyl (C=O) groups is 2. The van der Waals surface area contributed by atoms with Crippen LogP contribution in [0.5, 0.6) is 0 Å². The summed E-state index contributed by atoms with van der Waals surface area (Å²) in [4.78, 5) is 28.7. The van der Waals surface area contributed by atoms with E-state index in [9.17, 15) is 18.0 Å². The van der Waals surface area contributed by atoms with Crippen molar-refractivity contribution in [3.63, 3.8) is 0 Å². The van der Waals surface area contributed by atoms with Crippen LogP contribution < -0.4 is 9.62 Å². The summed E-state index contributed by atoms with van der Waals surface area (Å²) in [6.45, 7) is 8.61. The first-order valence-electron chi connectivity index (χ1n) is 13.0. The van der Waals surface area contributed by atoms with E-state index in [0.29, 0.717) is 22.0 Å². The Morgan fingerprint density at radius 1 is 0.925 bits per heavy atom.